The van der Waals surface area contributed by atoms with E-state index in [1.54, 1.807) is 17.8 Å². The molecule has 1 heterocycles. The van der Waals surface area contributed by atoms with Gasteiger partial charge in [0.05, 0.1) is 6.54 Å². The molecule has 0 N–H and O–H groups in total. The molecule has 26 heavy (non-hydrogen) atoms. The van der Waals surface area contributed by atoms with Gasteiger partial charge in [-0.2, -0.15) is 0 Å². The Morgan fingerprint density at radius 2 is 1.96 bits per heavy atom. The Morgan fingerprint density at radius 1 is 1.19 bits per heavy atom. The molecule has 1 saturated heterocycles. The first-order chi connectivity index (χ1) is 12.5. The smallest absolute Gasteiger partial charge is 0.237 e. The molecule has 0 unspecified atom stereocenters. The number of benzene rings is 2. The maximum absolute atomic E-state index is 12.9. The highest BCUT2D eigenvalue weighted by molar-refractivity contribution is 7.99. The van der Waals surface area contributed by atoms with E-state index in [4.69, 9.17) is 34.8 Å². The van der Waals surface area contributed by atoms with E-state index in [1.165, 1.54) is 0 Å². The summed E-state index contributed by atoms with van der Waals surface area (Å²) in [7, 11) is 1.91. The summed E-state index contributed by atoms with van der Waals surface area (Å²) >= 11 is 20.3. The largest absolute Gasteiger partial charge is 0.325 e. The number of hydrogen-bond donors (Lipinski definition) is 0. The van der Waals surface area contributed by atoms with E-state index < -0.39 is 0 Å². The third-order valence-electron chi connectivity index (χ3n) is 4.24. The van der Waals surface area contributed by atoms with E-state index in [-0.39, 0.29) is 11.3 Å². The number of nitrogens with zero attached hydrogens (tertiary/aromatic N) is 2. The molecular weight excluding hydrogens is 411 g/mol. The van der Waals surface area contributed by atoms with Gasteiger partial charge in [0.1, 0.15) is 5.37 Å². The van der Waals surface area contributed by atoms with Gasteiger partial charge in [-0.3, -0.25) is 9.69 Å². The molecule has 2 aromatic carbocycles. The number of likely N-dealkylation sites (N-methyl/N-ethyl adjacent to an activating group) is 1. The molecule has 0 radical (unpaired) electrons. The molecule has 3 rings (SSSR count). The fourth-order valence-corrected chi connectivity index (χ4v) is 5.06. The van der Waals surface area contributed by atoms with Crippen molar-refractivity contribution in [1.82, 2.24) is 9.80 Å². The van der Waals surface area contributed by atoms with Gasteiger partial charge in [-0.1, -0.05) is 59.1 Å². The summed E-state index contributed by atoms with van der Waals surface area (Å²) in [6.07, 6.45) is 0. The number of thioether (sulfide) groups is 1. The van der Waals surface area contributed by atoms with Crippen LogP contribution in [0.5, 0.6) is 0 Å². The van der Waals surface area contributed by atoms with E-state index in [9.17, 15) is 4.79 Å². The first kappa shape index (κ1) is 19.8. The molecule has 1 atom stereocenters. The highest BCUT2D eigenvalue weighted by Gasteiger charge is 2.32. The summed E-state index contributed by atoms with van der Waals surface area (Å²) in [6.45, 7) is 1.63. The molecule has 0 bridgehead atoms. The van der Waals surface area contributed by atoms with Crippen LogP contribution in [0.1, 0.15) is 16.5 Å². The van der Waals surface area contributed by atoms with Crippen LogP contribution in [0.25, 0.3) is 0 Å². The van der Waals surface area contributed by atoms with Crippen LogP contribution in [0.3, 0.4) is 0 Å². The molecule has 0 spiro atoms. The summed E-state index contributed by atoms with van der Waals surface area (Å²) in [5.74, 6) is 1.00. The van der Waals surface area contributed by atoms with Gasteiger partial charge in [0.2, 0.25) is 5.91 Å². The fraction of sp³-hybridized carbons (Fsp3) is 0.316. The maximum Gasteiger partial charge on any atom is 0.237 e. The fourth-order valence-electron chi connectivity index (χ4n) is 2.98. The molecule has 0 saturated carbocycles. The first-order valence-electron chi connectivity index (χ1n) is 8.23. The van der Waals surface area contributed by atoms with Gasteiger partial charge in [-0.15, -0.1) is 11.8 Å². The summed E-state index contributed by atoms with van der Waals surface area (Å²) in [5.41, 5.74) is 1.94. The second-order valence-electron chi connectivity index (χ2n) is 6.24. The third-order valence-corrected chi connectivity index (χ3v) is 6.42. The van der Waals surface area contributed by atoms with Gasteiger partial charge in [0.15, 0.2) is 0 Å². The average Bonchev–Trinajstić information content (AvgIpc) is 3.07. The second-order valence-corrected chi connectivity index (χ2v) is 8.68. The molecule has 7 heteroatoms. The molecule has 138 valence electrons. The minimum Gasteiger partial charge on any atom is -0.325 e. The van der Waals surface area contributed by atoms with Crippen LogP contribution in [0.4, 0.5) is 0 Å². The van der Waals surface area contributed by atoms with Crippen molar-refractivity contribution in [2.45, 2.75) is 11.9 Å². The molecule has 1 amide bonds. The average molecular weight is 430 g/mol. The Hall–Kier alpha value is -0.910. The minimum atomic E-state index is -0.0243. The number of rotatable bonds is 5. The molecule has 0 aliphatic carbocycles. The predicted octanol–water partition coefficient (Wildman–Crippen LogP) is 5.35. The zero-order valence-electron chi connectivity index (χ0n) is 14.3. The third kappa shape index (κ3) is 4.68. The molecule has 2 aromatic rings. The van der Waals surface area contributed by atoms with Gasteiger partial charge < -0.3 is 4.90 Å². The summed E-state index contributed by atoms with van der Waals surface area (Å²) < 4.78 is 0. The van der Waals surface area contributed by atoms with Gasteiger partial charge in [0, 0.05) is 39.5 Å². The van der Waals surface area contributed by atoms with Crippen molar-refractivity contribution in [3.8, 4) is 0 Å². The number of carbonyl (C=O) groups excluding carboxylic acids is 1. The molecule has 0 aromatic heterocycles. The summed E-state index contributed by atoms with van der Waals surface area (Å²) in [5, 5.41) is 1.89. The van der Waals surface area contributed by atoms with Crippen molar-refractivity contribution in [3.63, 3.8) is 0 Å². The van der Waals surface area contributed by atoms with E-state index >= 15 is 0 Å². The van der Waals surface area contributed by atoms with E-state index in [1.807, 2.05) is 53.2 Å². The zero-order valence-corrected chi connectivity index (χ0v) is 17.4. The molecule has 1 aliphatic heterocycles. The van der Waals surface area contributed by atoms with Gasteiger partial charge in [-0.25, -0.2) is 0 Å². The van der Waals surface area contributed by atoms with Crippen LogP contribution < -0.4 is 0 Å². The van der Waals surface area contributed by atoms with Crippen LogP contribution >= 0.6 is 46.6 Å². The number of halogens is 3. The van der Waals surface area contributed by atoms with E-state index in [0.717, 1.165) is 23.4 Å². The Bertz CT molecular complexity index is 802. The first-order valence-corrected chi connectivity index (χ1v) is 10.4. The van der Waals surface area contributed by atoms with Crippen molar-refractivity contribution in [2.24, 2.45) is 0 Å². The lowest BCUT2D eigenvalue weighted by atomic mass is 10.2. The number of amides is 1. The minimum absolute atomic E-state index is 0.0243. The quantitative estimate of drug-likeness (QED) is 0.640. The second kappa shape index (κ2) is 8.85. The molecule has 1 fully saturated rings. The lowest BCUT2D eigenvalue weighted by Crippen LogP contribution is -2.38. The topological polar surface area (TPSA) is 23.6 Å². The van der Waals surface area contributed by atoms with Crippen LogP contribution in [0.2, 0.25) is 15.1 Å². The number of hydrogen-bond acceptors (Lipinski definition) is 3. The molecular formula is C19H19Cl3N2OS. The summed E-state index contributed by atoms with van der Waals surface area (Å²) in [6, 6.07) is 13.1. The van der Waals surface area contributed by atoms with Crippen LogP contribution in [0, 0.1) is 0 Å². The Labute approximate surface area is 173 Å². The van der Waals surface area contributed by atoms with Crippen molar-refractivity contribution in [2.75, 3.05) is 25.9 Å². The predicted molar refractivity (Wildman–Crippen MR) is 111 cm³/mol. The normalized spacial score (nSPS) is 17.1. The van der Waals surface area contributed by atoms with Gasteiger partial charge in [-0.05, 0) is 30.8 Å². The van der Waals surface area contributed by atoms with E-state index in [0.29, 0.717) is 28.2 Å². The highest BCUT2D eigenvalue weighted by Crippen LogP contribution is 2.40. The van der Waals surface area contributed by atoms with E-state index in [2.05, 4.69) is 0 Å². The monoisotopic (exact) mass is 428 g/mol. The van der Waals surface area contributed by atoms with Crippen molar-refractivity contribution >= 4 is 52.5 Å². The van der Waals surface area contributed by atoms with Crippen LogP contribution in [-0.4, -0.2) is 41.6 Å². The lowest BCUT2D eigenvalue weighted by Gasteiger charge is -2.27. The maximum atomic E-state index is 12.9. The standard InChI is InChI=1S/C19H19Cl3N2OS/c1-23(11-13-6-7-14(20)10-17(13)22)12-18(25)24-8-9-26-19(24)15-4-2-3-5-16(15)21/h2-7,10,19H,8-9,11-12H2,1H3/t19-/m1/s1. The van der Waals surface area contributed by atoms with Crippen molar-refractivity contribution in [3.05, 3.63) is 68.7 Å². The SMILES string of the molecule is CN(CC(=O)N1CCS[C@@H]1c1ccccc1Cl)Cc1ccc(Cl)cc1Cl. The zero-order chi connectivity index (χ0) is 18.7. The molecule has 1 aliphatic rings. The van der Waals surface area contributed by atoms with Crippen LogP contribution in [-0.2, 0) is 11.3 Å². The Kier molecular flexibility index (Phi) is 6.76. The highest BCUT2D eigenvalue weighted by atomic mass is 35.5. The van der Waals surface area contributed by atoms with Crippen molar-refractivity contribution in [1.29, 1.82) is 0 Å². The van der Waals surface area contributed by atoms with Gasteiger partial charge in [0.25, 0.3) is 0 Å². The lowest BCUT2D eigenvalue weighted by molar-refractivity contribution is -0.132. The molecule has 3 nitrogen and oxygen atoms in total. The Balaban J connectivity index is 1.66. The van der Waals surface area contributed by atoms with Gasteiger partial charge >= 0.3 is 0 Å². The summed E-state index contributed by atoms with van der Waals surface area (Å²) in [4.78, 5) is 16.7. The Morgan fingerprint density at radius 3 is 2.69 bits per heavy atom. The van der Waals surface area contributed by atoms with Crippen molar-refractivity contribution < 1.29 is 4.79 Å². The number of carbonyl (C=O) groups is 1. The van der Waals surface area contributed by atoms with Crippen LogP contribution in [0.15, 0.2) is 42.5 Å².